The molecule has 4 aromatic rings. The predicted octanol–water partition coefficient (Wildman–Crippen LogP) is 4.62. The lowest BCUT2D eigenvalue weighted by molar-refractivity contribution is -0.137. The summed E-state index contributed by atoms with van der Waals surface area (Å²) in [5.74, 6) is 0.952. The SMILES string of the molecule is CN(C)c1ccc(C=Nn2c(-c3cccc(C(F)(F)F)c3)nc3ccccc3c2=O)o1. The summed E-state index contributed by atoms with van der Waals surface area (Å²) in [6.07, 6.45) is -3.21. The van der Waals surface area contributed by atoms with Crippen molar-refractivity contribution >= 4 is 23.0 Å². The molecule has 6 nitrogen and oxygen atoms in total. The highest BCUT2D eigenvalue weighted by molar-refractivity contribution is 5.81. The Morgan fingerprint density at radius 3 is 2.55 bits per heavy atom. The average Bonchev–Trinajstić information content (AvgIpc) is 3.22. The van der Waals surface area contributed by atoms with E-state index in [2.05, 4.69) is 10.1 Å². The number of nitrogens with zero attached hydrogens (tertiary/aromatic N) is 4. The molecular weight excluding hydrogens is 409 g/mol. The van der Waals surface area contributed by atoms with E-state index in [4.69, 9.17) is 4.42 Å². The number of benzene rings is 2. The monoisotopic (exact) mass is 426 g/mol. The molecule has 0 fully saturated rings. The zero-order chi connectivity index (χ0) is 22.2. The van der Waals surface area contributed by atoms with Gasteiger partial charge in [0.2, 0.25) is 0 Å². The standard InChI is InChI=1S/C22H17F3N4O2/c1-28(2)19-11-10-16(31-19)13-26-29-20(14-6-5-7-15(12-14)22(23,24)25)27-18-9-4-3-8-17(18)21(29)30/h3-13H,1-2H3. The molecule has 0 saturated carbocycles. The van der Waals surface area contributed by atoms with Crippen LogP contribution in [0.2, 0.25) is 0 Å². The molecule has 0 bridgehead atoms. The lowest BCUT2D eigenvalue weighted by Crippen LogP contribution is -2.20. The summed E-state index contributed by atoms with van der Waals surface area (Å²) in [6.45, 7) is 0. The number of alkyl halides is 3. The Bertz CT molecular complexity index is 1340. The summed E-state index contributed by atoms with van der Waals surface area (Å²) >= 11 is 0. The fourth-order valence-electron chi connectivity index (χ4n) is 3.02. The predicted molar refractivity (Wildman–Crippen MR) is 112 cm³/mol. The van der Waals surface area contributed by atoms with Crippen LogP contribution in [0.25, 0.3) is 22.3 Å². The van der Waals surface area contributed by atoms with Crippen LogP contribution in [0.3, 0.4) is 0 Å². The highest BCUT2D eigenvalue weighted by Crippen LogP contribution is 2.31. The summed E-state index contributed by atoms with van der Waals surface area (Å²) in [4.78, 5) is 19.3. The Morgan fingerprint density at radius 2 is 1.84 bits per heavy atom. The number of furan rings is 1. The van der Waals surface area contributed by atoms with Gasteiger partial charge in [-0.25, -0.2) is 4.98 Å². The third kappa shape index (κ3) is 4.07. The molecule has 0 radical (unpaired) electrons. The molecule has 158 valence electrons. The summed E-state index contributed by atoms with van der Waals surface area (Å²) in [5, 5.41) is 4.49. The van der Waals surface area contributed by atoms with Crippen molar-refractivity contribution in [1.29, 1.82) is 0 Å². The van der Waals surface area contributed by atoms with Crippen LogP contribution in [0, 0.1) is 0 Å². The van der Waals surface area contributed by atoms with Crippen LogP contribution in [0.5, 0.6) is 0 Å². The molecule has 4 rings (SSSR count). The van der Waals surface area contributed by atoms with Gasteiger partial charge in [-0.15, -0.1) is 0 Å². The molecule has 9 heteroatoms. The van der Waals surface area contributed by atoms with Gasteiger partial charge in [-0.05, 0) is 30.3 Å². The van der Waals surface area contributed by atoms with Gasteiger partial charge in [0.1, 0.15) is 5.76 Å². The second-order valence-corrected chi connectivity index (χ2v) is 6.96. The van der Waals surface area contributed by atoms with E-state index in [1.807, 2.05) is 14.1 Å². The number of hydrogen-bond acceptors (Lipinski definition) is 5. The van der Waals surface area contributed by atoms with Gasteiger partial charge >= 0.3 is 6.18 Å². The smallest absolute Gasteiger partial charge is 0.416 e. The van der Waals surface area contributed by atoms with E-state index in [0.29, 0.717) is 22.5 Å². The minimum atomic E-state index is -4.53. The molecule has 0 aliphatic heterocycles. The molecule has 0 N–H and O–H groups in total. The molecule has 2 aromatic heterocycles. The van der Waals surface area contributed by atoms with Gasteiger partial charge in [-0.2, -0.15) is 22.9 Å². The molecule has 0 aliphatic carbocycles. The maximum absolute atomic E-state index is 13.2. The molecule has 31 heavy (non-hydrogen) atoms. The molecular formula is C22H17F3N4O2. The van der Waals surface area contributed by atoms with Crippen molar-refractivity contribution in [3.05, 3.63) is 82.3 Å². The Balaban J connectivity index is 1.90. The number of hydrogen-bond donors (Lipinski definition) is 0. The van der Waals surface area contributed by atoms with Crippen molar-refractivity contribution in [3.8, 4) is 11.4 Å². The van der Waals surface area contributed by atoms with Crippen LogP contribution in [0.15, 0.2) is 75.0 Å². The minimum Gasteiger partial charge on any atom is -0.440 e. The third-order valence-electron chi connectivity index (χ3n) is 4.56. The van der Waals surface area contributed by atoms with Gasteiger partial charge < -0.3 is 9.32 Å². The van der Waals surface area contributed by atoms with Gasteiger partial charge in [0, 0.05) is 25.7 Å². The normalized spacial score (nSPS) is 12.0. The van der Waals surface area contributed by atoms with Gasteiger partial charge in [0.05, 0.1) is 22.7 Å². The van der Waals surface area contributed by atoms with Crippen molar-refractivity contribution in [2.45, 2.75) is 6.18 Å². The van der Waals surface area contributed by atoms with Crippen molar-refractivity contribution < 1.29 is 17.6 Å². The van der Waals surface area contributed by atoms with Gasteiger partial charge in [0.25, 0.3) is 5.56 Å². The minimum absolute atomic E-state index is 0.00885. The zero-order valence-electron chi connectivity index (χ0n) is 16.6. The number of rotatable bonds is 4. The summed E-state index contributed by atoms with van der Waals surface area (Å²) in [6, 6.07) is 14.6. The Kier molecular flexibility index (Phi) is 5.10. The second-order valence-electron chi connectivity index (χ2n) is 6.96. The number of halogens is 3. The maximum Gasteiger partial charge on any atom is 0.416 e. The fraction of sp³-hybridized carbons (Fsp3) is 0.136. The topological polar surface area (TPSA) is 63.6 Å². The van der Waals surface area contributed by atoms with Crippen LogP contribution < -0.4 is 10.5 Å². The van der Waals surface area contributed by atoms with Crippen LogP contribution in [0.4, 0.5) is 19.1 Å². The van der Waals surface area contributed by atoms with Crippen LogP contribution in [0.1, 0.15) is 11.3 Å². The third-order valence-corrected chi connectivity index (χ3v) is 4.56. The van der Waals surface area contributed by atoms with E-state index >= 15 is 0 Å². The average molecular weight is 426 g/mol. The van der Waals surface area contributed by atoms with Gasteiger partial charge in [0.15, 0.2) is 11.7 Å². The zero-order valence-corrected chi connectivity index (χ0v) is 16.6. The first-order valence-corrected chi connectivity index (χ1v) is 9.25. The lowest BCUT2D eigenvalue weighted by atomic mass is 10.1. The van der Waals surface area contributed by atoms with Crippen LogP contribution in [-0.2, 0) is 6.18 Å². The highest BCUT2D eigenvalue weighted by Gasteiger charge is 2.30. The lowest BCUT2D eigenvalue weighted by Gasteiger charge is -2.12. The fourth-order valence-corrected chi connectivity index (χ4v) is 3.02. The quantitative estimate of drug-likeness (QED) is 0.447. The molecule has 0 saturated heterocycles. The molecule has 0 aliphatic rings. The van der Waals surface area contributed by atoms with E-state index in [0.717, 1.165) is 16.8 Å². The second kappa shape index (κ2) is 7.75. The highest BCUT2D eigenvalue weighted by atomic mass is 19.4. The van der Waals surface area contributed by atoms with E-state index < -0.39 is 17.3 Å². The van der Waals surface area contributed by atoms with E-state index in [9.17, 15) is 18.0 Å². The molecule has 2 heterocycles. The van der Waals surface area contributed by atoms with Gasteiger partial charge in [-0.1, -0.05) is 24.3 Å². The first kappa shape index (κ1) is 20.4. The van der Waals surface area contributed by atoms with Crippen molar-refractivity contribution in [1.82, 2.24) is 9.66 Å². The van der Waals surface area contributed by atoms with Crippen molar-refractivity contribution in [2.75, 3.05) is 19.0 Å². The Hall–Kier alpha value is -3.88. The van der Waals surface area contributed by atoms with Crippen LogP contribution >= 0.6 is 0 Å². The number of anilines is 1. The number of fused-ring (bicyclic) bond motifs is 1. The van der Waals surface area contributed by atoms with Gasteiger partial charge in [-0.3, -0.25) is 4.79 Å². The van der Waals surface area contributed by atoms with E-state index in [1.54, 1.807) is 41.3 Å². The summed E-state index contributed by atoms with van der Waals surface area (Å²) in [7, 11) is 3.62. The molecule has 2 aromatic carbocycles. The first-order valence-electron chi connectivity index (χ1n) is 9.25. The largest absolute Gasteiger partial charge is 0.440 e. The number of aromatic nitrogens is 2. The maximum atomic E-state index is 13.2. The molecule has 0 amide bonds. The van der Waals surface area contributed by atoms with Crippen LogP contribution in [-0.4, -0.2) is 30.0 Å². The van der Waals surface area contributed by atoms with E-state index in [-0.39, 0.29) is 11.4 Å². The molecule has 0 atom stereocenters. The molecule has 0 spiro atoms. The first-order chi connectivity index (χ1) is 14.7. The molecule has 0 unspecified atom stereocenters. The number of para-hydroxylation sites is 1. The van der Waals surface area contributed by atoms with E-state index in [1.165, 1.54) is 18.3 Å². The Morgan fingerprint density at radius 1 is 1.06 bits per heavy atom. The van der Waals surface area contributed by atoms with Crippen molar-refractivity contribution in [2.24, 2.45) is 5.10 Å². The van der Waals surface area contributed by atoms with Crippen molar-refractivity contribution in [3.63, 3.8) is 0 Å². The summed E-state index contributed by atoms with van der Waals surface area (Å²) in [5.41, 5.74) is -0.874. The Labute approximate surface area is 174 Å². The summed E-state index contributed by atoms with van der Waals surface area (Å²) < 4.78 is 46.2.